The molecule has 4 rings (SSSR count). The van der Waals surface area contributed by atoms with Crippen LogP contribution in [0.3, 0.4) is 0 Å². The number of anilines is 2. The Bertz CT molecular complexity index is 1230. The topological polar surface area (TPSA) is 150 Å². The minimum absolute atomic E-state index is 0.0471. The molecule has 0 saturated carbocycles. The highest BCUT2D eigenvalue weighted by atomic mass is 19.4. The number of hydrogen-bond acceptors (Lipinski definition) is 7. The quantitative estimate of drug-likeness (QED) is 0.315. The maximum absolute atomic E-state index is 13.8. The Kier molecular flexibility index (Phi) is 9.29. The third-order valence-corrected chi connectivity index (χ3v) is 7.37. The smallest absolute Gasteiger partial charge is 0.370 e. The molecular formula is C27H34F3N9O. The van der Waals surface area contributed by atoms with Crippen molar-refractivity contribution in [2.75, 3.05) is 42.5 Å². The van der Waals surface area contributed by atoms with E-state index in [0.717, 1.165) is 24.8 Å². The van der Waals surface area contributed by atoms with E-state index in [1.807, 2.05) is 17.0 Å². The molecule has 13 heteroatoms. The molecular weight excluding hydrogens is 523 g/mol. The summed E-state index contributed by atoms with van der Waals surface area (Å²) in [4.78, 5) is 28.3. The molecule has 0 aliphatic carbocycles. The number of nitrogens with zero attached hydrogens (tertiary/aromatic N) is 6. The Balaban J connectivity index is 1.43. The van der Waals surface area contributed by atoms with E-state index < -0.39 is 18.0 Å². The van der Waals surface area contributed by atoms with Crippen LogP contribution in [0.1, 0.15) is 49.1 Å². The number of aliphatic imine (C=N–C) groups is 1. The van der Waals surface area contributed by atoms with Crippen molar-refractivity contribution in [3.05, 3.63) is 47.3 Å². The highest BCUT2D eigenvalue weighted by Gasteiger charge is 2.38. The minimum Gasteiger partial charge on any atom is -0.370 e. The van der Waals surface area contributed by atoms with Crippen molar-refractivity contribution >= 4 is 23.5 Å². The average Bonchev–Trinajstić information content (AvgIpc) is 3.43. The molecule has 214 valence electrons. The maximum Gasteiger partial charge on any atom is 0.451 e. The molecule has 1 aromatic heterocycles. The predicted octanol–water partition coefficient (Wildman–Crippen LogP) is 2.57. The molecule has 2 aliphatic rings. The maximum atomic E-state index is 13.8. The van der Waals surface area contributed by atoms with Gasteiger partial charge in [-0.05, 0) is 62.1 Å². The lowest BCUT2D eigenvalue weighted by atomic mass is 9.93. The SMILES string of the molecule is N#Cc1ccc(CCNC(=O)[C@@H]2CCCN2c2cc(N3CCC(CCN=C(N)N)CC3)nc(C(F)(F)F)n2)cc1. The summed E-state index contributed by atoms with van der Waals surface area (Å²) in [5.41, 5.74) is 12.3. The highest BCUT2D eigenvalue weighted by Crippen LogP contribution is 2.34. The zero-order chi connectivity index (χ0) is 28.7. The molecule has 5 N–H and O–H groups in total. The van der Waals surface area contributed by atoms with Crippen LogP contribution in [0.4, 0.5) is 24.8 Å². The van der Waals surface area contributed by atoms with Gasteiger partial charge in [0, 0.05) is 38.8 Å². The van der Waals surface area contributed by atoms with E-state index in [4.69, 9.17) is 16.7 Å². The van der Waals surface area contributed by atoms with Crippen molar-refractivity contribution in [3.8, 4) is 6.07 Å². The second kappa shape index (κ2) is 12.8. The number of benzene rings is 1. The molecule has 2 aromatic rings. The van der Waals surface area contributed by atoms with Crippen LogP contribution in [0.15, 0.2) is 35.3 Å². The van der Waals surface area contributed by atoms with E-state index in [1.165, 1.54) is 0 Å². The molecule has 1 atom stereocenters. The normalized spacial score (nSPS) is 17.9. The second-order valence-corrected chi connectivity index (χ2v) is 10.1. The van der Waals surface area contributed by atoms with Gasteiger partial charge in [0.1, 0.15) is 17.7 Å². The lowest BCUT2D eigenvalue weighted by molar-refractivity contribution is -0.144. The minimum atomic E-state index is -4.72. The molecule has 3 heterocycles. The average molecular weight is 558 g/mol. The Morgan fingerprint density at radius 3 is 2.45 bits per heavy atom. The summed E-state index contributed by atoms with van der Waals surface area (Å²) < 4.78 is 41.4. The first-order valence-corrected chi connectivity index (χ1v) is 13.4. The first-order chi connectivity index (χ1) is 19.1. The molecule has 0 unspecified atom stereocenters. The fraction of sp³-hybridized carbons (Fsp3) is 0.519. The van der Waals surface area contributed by atoms with Crippen LogP contribution in [0.5, 0.6) is 0 Å². The lowest BCUT2D eigenvalue weighted by Gasteiger charge is -2.33. The summed E-state index contributed by atoms with van der Waals surface area (Å²) >= 11 is 0. The number of nitrogens with two attached hydrogens (primary N) is 2. The third-order valence-electron chi connectivity index (χ3n) is 7.37. The van der Waals surface area contributed by atoms with Crippen molar-refractivity contribution in [2.24, 2.45) is 22.4 Å². The van der Waals surface area contributed by atoms with Crippen LogP contribution in [-0.2, 0) is 17.4 Å². The number of rotatable bonds is 9. The summed E-state index contributed by atoms with van der Waals surface area (Å²) in [5, 5.41) is 11.8. The summed E-state index contributed by atoms with van der Waals surface area (Å²) in [7, 11) is 0. The van der Waals surface area contributed by atoms with Crippen LogP contribution >= 0.6 is 0 Å². The van der Waals surface area contributed by atoms with E-state index in [0.29, 0.717) is 63.5 Å². The Morgan fingerprint density at radius 1 is 1.10 bits per heavy atom. The number of halogens is 3. The first-order valence-electron chi connectivity index (χ1n) is 13.4. The number of aromatic nitrogens is 2. The monoisotopic (exact) mass is 557 g/mol. The van der Waals surface area contributed by atoms with E-state index >= 15 is 0 Å². The highest BCUT2D eigenvalue weighted by molar-refractivity contribution is 5.85. The standard InChI is InChI=1S/C27H34F3N9O/c28-27(29,30)25-36-22(38-14-9-19(10-15-38)8-12-35-26(32)33)16-23(37-25)39-13-1-2-21(39)24(40)34-11-7-18-3-5-20(17-31)6-4-18/h3-6,16,19,21H,1-2,7-15H2,(H,34,40)(H4,32,33,35)/t21-/m0/s1. The van der Waals surface area contributed by atoms with Crippen molar-refractivity contribution in [3.63, 3.8) is 0 Å². The molecule has 2 aliphatic heterocycles. The lowest BCUT2D eigenvalue weighted by Crippen LogP contribution is -2.44. The van der Waals surface area contributed by atoms with E-state index in [-0.39, 0.29) is 23.5 Å². The Morgan fingerprint density at radius 2 is 1.80 bits per heavy atom. The van der Waals surface area contributed by atoms with Gasteiger partial charge in [-0.25, -0.2) is 9.97 Å². The van der Waals surface area contributed by atoms with Gasteiger partial charge >= 0.3 is 6.18 Å². The number of guanidine groups is 1. The van der Waals surface area contributed by atoms with Crippen LogP contribution < -0.4 is 26.6 Å². The number of carbonyl (C=O) groups is 1. The van der Waals surface area contributed by atoms with Crippen molar-refractivity contribution < 1.29 is 18.0 Å². The van der Waals surface area contributed by atoms with Gasteiger partial charge in [-0.1, -0.05) is 12.1 Å². The van der Waals surface area contributed by atoms with Gasteiger partial charge in [-0.3, -0.25) is 9.79 Å². The zero-order valence-corrected chi connectivity index (χ0v) is 22.2. The molecule has 0 bridgehead atoms. The molecule has 0 spiro atoms. The van der Waals surface area contributed by atoms with Gasteiger partial charge in [-0.15, -0.1) is 0 Å². The summed E-state index contributed by atoms with van der Waals surface area (Å²) in [6, 6.07) is 10.1. The van der Waals surface area contributed by atoms with Crippen LogP contribution in [0, 0.1) is 17.2 Å². The number of hydrogen-bond donors (Lipinski definition) is 3. The molecule has 0 radical (unpaired) electrons. The number of amides is 1. The molecule has 1 amide bonds. The van der Waals surface area contributed by atoms with Crippen LogP contribution in [0.25, 0.3) is 0 Å². The largest absolute Gasteiger partial charge is 0.451 e. The number of alkyl halides is 3. The van der Waals surface area contributed by atoms with Crippen LogP contribution in [-0.4, -0.2) is 60.6 Å². The van der Waals surface area contributed by atoms with Gasteiger partial charge in [0.25, 0.3) is 0 Å². The summed E-state index contributed by atoms with van der Waals surface area (Å²) in [6.45, 7) is 2.43. The van der Waals surface area contributed by atoms with E-state index in [9.17, 15) is 18.0 Å². The molecule has 40 heavy (non-hydrogen) atoms. The van der Waals surface area contributed by atoms with Crippen molar-refractivity contribution in [1.82, 2.24) is 15.3 Å². The number of piperidine rings is 1. The van der Waals surface area contributed by atoms with E-state index in [1.54, 1.807) is 23.1 Å². The first kappa shape index (κ1) is 28.9. The van der Waals surface area contributed by atoms with Crippen molar-refractivity contribution in [1.29, 1.82) is 5.26 Å². The van der Waals surface area contributed by atoms with E-state index in [2.05, 4.69) is 26.3 Å². The van der Waals surface area contributed by atoms with Gasteiger partial charge in [0.05, 0.1) is 11.6 Å². The molecule has 10 nitrogen and oxygen atoms in total. The number of nitrogens with one attached hydrogen (secondary N) is 1. The molecule has 2 saturated heterocycles. The second-order valence-electron chi connectivity index (χ2n) is 10.1. The van der Waals surface area contributed by atoms with Crippen molar-refractivity contribution in [2.45, 2.75) is 50.7 Å². The Hall–Kier alpha value is -4.08. The molecule has 1 aromatic carbocycles. The summed E-state index contributed by atoms with van der Waals surface area (Å²) in [5.74, 6) is -0.712. The Labute approximate surface area is 231 Å². The third kappa shape index (κ3) is 7.52. The van der Waals surface area contributed by atoms with Gasteiger partial charge in [0.15, 0.2) is 5.96 Å². The van der Waals surface area contributed by atoms with Crippen LogP contribution in [0.2, 0.25) is 0 Å². The van der Waals surface area contributed by atoms with Gasteiger partial charge < -0.3 is 26.6 Å². The molecule has 2 fully saturated rings. The number of carbonyl (C=O) groups excluding carboxylic acids is 1. The fourth-order valence-corrected chi connectivity index (χ4v) is 5.19. The van der Waals surface area contributed by atoms with Gasteiger partial charge in [-0.2, -0.15) is 18.4 Å². The predicted molar refractivity (Wildman–Crippen MR) is 146 cm³/mol. The summed E-state index contributed by atoms with van der Waals surface area (Å²) in [6.07, 6.45) is -0.586. The zero-order valence-electron chi connectivity index (χ0n) is 22.2. The fourth-order valence-electron chi connectivity index (χ4n) is 5.19. The number of nitriles is 1. The van der Waals surface area contributed by atoms with Gasteiger partial charge in [0.2, 0.25) is 11.7 Å².